The highest BCUT2D eigenvalue weighted by Gasteiger charge is 2.24. The van der Waals surface area contributed by atoms with Crippen molar-refractivity contribution in [2.45, 2.75) is 51.9 Å². The quantitative estimate of drug-likeness (QED) is 0.154. The fraction of sp³-hybridized carbons (Fsp3) is 0.267. The monoisotopic (exact) mass is 515 g/mol. The van der Waals surface area contributed by atoms with Crippen LogP contribution in [-0.2, 0) is 16.0 Å². The SMILES string of the molecule is CCCCCCCCc1ccc(-c2ccc(C3=NC(=Cc4cccc(Br)c4)C(=O)O3)cc2)cc1. The van der Waals surface area contributed by atoms with Crippen molar-refractivity contribution in [3.05, 3.63) is 99.7 Å². The first-order chi connectivity index (χ1) is 16.6. The minimum Gasteiger partial charge on any atom is -0.402 e. The van der Waals surface area contributed by atoms with Crippen LogP contribution in [0.25, 0.3) is 17.2 Å². The second kappa shape index (κ2) is 11.9. The van der Waals surface area contributed by atoms with Gasteiger partial charge in [-0.25, -0.2) is 9.79 Å². The molecule has 3 nitrogen and oxygen atoms in total. The van der Waals surface area contributed by atoms with Gasteiger partial charge in [0.15, 0.2) is 5.70 Å². The molecule has 0 aliphatic carbocycles. The van der Waals surface area contributed by atoms with Gasteiger partial charge in [0.1, 0.15) is 0 Å². The van der Waals surface area contributed by atoms with Gasteiger partial charge < -0.3 is 4.74 Å². The van der Waals surface area contributed by atoms with Crippen molar-refractivity contribution in [3.8, 4) is 11.1 Å². The van der Waals surface area contributed by atoms with Crippen molar-refractivity contribution in [1.29, 1.82) is 0 Å². The molecule has 0 spiro atoms. The summed E-state index contributed by atoms with van der Waals surface area (Å²) in [4.78, 5) is 16.7. The molecule has 0 saturated heterocycles. The van der Waals surface area contributed by atoms with Gasteiger partial charge in [-0.1, -0.05) is 103 Å². The zero-order valence-corrected chi connectivity index (χ0v) is 21.2. The molecule has 3 aromatic carbocycles. The maximum Gasteiger partial charge on any atom is 0.363 e. The molecule has 0 amide bonds. The molecular weight excluding hydrogens is 486 g/mol. The van der Waals surface area contributed by atoms with Crippen LogP contribution in [0, 0.1) is 0 Å². The van der Waals surface area contributed by atoms with E-state index in [2.05, 4.69) is 52.1 Å². The number of carbonyl (C=O) groups is 1. The molecule has 4 rings (SSSR count). The molecule has 0 bridgehead atoms. The van der Waals surface area contributed by atoms with Gasteiger partial charge in [0.2, 0.25) is 5.90 Å². The first kappa shape index (κ1) is 24.2. The Morgan fingerprint density at radius 3 is 2.18 bits per heavy atom. The number of ether oxygens (including phenoxy) is 1. The lowest BCUT2D eigenvalue weighted by Gasteiger charge is -2.06. The predicted molar refractivity (Wildman–Crippen MR) is 144 cm³/mol. The minimum atomic E-state index is -0.431. The maximum atomic E-state index is 12.3. The second-order valence-electron chi connectivity index (χ2n) is 8.68. The van der Waals surface area contributed by atoms with Crippen LogP contribution in [0.5, 0.6) is 0 Å². The summed E-state index contributed by atoms with van der Waals surface area (Å²) in [5.41, 5.74) is 5.69. The van der Waals surface area contributed by atoms with E-state index in [0.29, 0.717) is 11.6 Å². The van der Waals surface area contributed by atoms with Gasteiger partial charge in [-0.15, -0.1) is 0 Å². The summed E-state index contributed by atoms with van der Waals surface area (Å²) >= 11 is 3.45. The Bertz CT molecular complexity index is 1180. The average Bonchev–Trinajstić information content (AvgIpc) is 3.22. The topological polar surface area (TPSA) is 38.7 Å². The molecule has 34 heavy (non-hydrogen) atoms. The number of cyclic esters (lactones) is 1. The molecule has 0 N–H and O–H groups in total. The largest absolute Gasteiger partial charge is 0.402 e. The van der Waals surface area contributed by atoms with E-state index >= 15 is 0 Å². The molecule has 0 unspecified atom stereocenters. The van der Waals surface area contributed by atoms with Crippen molar-refractivity contribution >= 4 is 33.9 Å². The van der Waals surface area contributed by atoms with Crippen LogP contribution in [0.1, 0.15) is 62.1 Å². The van der Waals surface area contributed by atoms with Crippen molar-refractivity contribution < 1.29 is 9.53 Å². The number of aryl methyl sites for hydroxylation is 1. The van der Waals surface area contributed by atoms with Crippen molar-refractivity contribution in [3.63, 3.8) is 0 Å². The molecule has 0 saturated carbocycles. The van der Waals surface area contributed by atoms with Crippen LogP contribution in [0.3, 0.4) is 0 Å². The van der Waals surface area contributed by atoms with Gasteiger partial charge in [0.25, 0.3) is 0 Å². The zero-order valence-electron chi connectivity index (χ0n) is 19.6. The minimum absolute atomic E-state index is 0.304. The van der Waals surface area contributed by atoms with E-state index in [1.807, 2.05) is 48.5 Å². The summed E-state index contributed by atoms with van der Waals surface area (Å²) < 4.78 is 6.37. The Balaban J connectivity index is 1.38. The molecule has 1 aliphatic rings. The van der Waals surface area contributed by atoms with E-state index in [4.69, 9.17) is 4.74 Å². The van der Waals surface area contributed by atoms with E-state index in [9.17, 15) is 4.79 Å². The number of benzene rings is 3. The number of halogens is 1. The lowest BCUT2D eigenvalue weighted by atomic mass is 10.00. The van der Waals surface area contributed by atoms with Gasteiger partial charge in [-0.05, 0) is 65.4 Å². The molecule has 0 fully saturated rings. The van der Waals surface area contributed by atoms with E-state index in [1.54, 1.807) is 6.08 Å². The molecule has 174 valence electrons. The summed E-state index contributed by atoms with van der Waals surface area (Å²) in [5, 5.41) is 0. The smallest absolute Gasteiger partial charge is 0.363 e. The number of nitrogens with zero attached hydrogens (tertiary/aromatic N) is 1. The standard InChI is InChI=1S/C30H30BrNO2/c1-2-3-4-5-6-7-9-22-12-14-24(15-13-22)25-16-18-26(19-17-25)29-32-28(30(33)34-29)21-23-10-8-11-27(31)20-23/h8,10-21H,2-7,9H2,1H3. The molecule has 4 heteroatoms. The molecule has 3 aromatic rings. The Labute approximate surface area is 210 Å². The van der Waals surface area contributed by atoms with Crippen LogP contribution >= 0.6 is 15.9 Å². The van der Waals surface area contributed by atoms with Gasteiger partial charge in [0.05, 0.1) is 0 Å². The normalized spacial score (nSPS) is 14.4. The van der Waals surface area contributed by atoms with Crippen LogP contribution in [0.2, 0.25) is 0 Å². The van der Waals surface area contributed by atoms with E-state index < -0.39 is 5.97 Å². The molecular formula is C30H30BrNO2. The van der Waals surface area contributed by atoms with Crippen LogP contribution in [0.15, 0.2) is 88.0 Å². The number of esters is 1. The van der Waals surface area contributed by atoms with Crippen LogP contribution < -0.4 is 0 Å². The molecule has 1 heterocycles. The summed E-state index contributed by atoms with van der Waals surface area (Å²) in [6.07, 6.45) is 10.8. The van der Waals surface area contributed by atoms with Gasteiger partial charge in [0, 0.05) is 10.0 Å². The third kappa shape index (κ3) is 6.54. The van der Waals surface area contributed by atoms with Gasteiger partial charge >= 0.3 is 5.97 Å². The summed E-state index contributed by atoms with van der Waals surface area (Å²) in [6.45, 7) is 2.26. The third-order valence-electron chi connectivity index (χ3n) is 6.01. The molecule has 1 aliphatic heterocycles. The number of hydrogen-bond acceptors (Lipinski definition) is 3. The Morgan fingerprint density at radius 1 is 0.824 bits per heavy atom. The highest BCUT2D eigenvalue weighted by Crippen LogP contribution is 2.24. The van der Waals surface area contributed by atoms with E-state index in [1.165, 1.54) is 49.7 Å². The molecule has 0 aromatic heterocycles. The fourth-order valence-corrected chi connectivity index (χ4v) is 4.48. The van der Waals surface area contributed by atoms with Crippen molar-refractivity contribution in [2.75, 3.05) is 0 Å². The van der Waals surface area contributed by atoms with Crippen molar-refractivity contribution in [1.82, 2.24) is 0 Å². The van der Waals surface area contributed by atoms with Gasteiger partial charge in [-0.2, -0.15) is 0 Å². The number of rotatable bonds is 10. The number of unbranched alkanes of at least 4 members (excludes halogenated alkanes) is 5. The van der Waals surface area contributed by atoms with E-state index in [0.717, 1.165) is 27.6 Å². The zero-order chi connectivity index (χ0) is 23.8. The highest BCUT2D eigenvalue weighted by atomic mass is 79.9. The lowest BCUT2D eigenvalue weighted by molar-refractivity contribution is -0.129. The van der Waals surface area contributed by atoms with Gasteiger partial charge in [-0.3, -0.25) is 0 Å². The van der Waals surface area contributed by atoms with Crippen LogP contribution in [-0.4, -0.2) is 11.9 Å². The fourth-order valence-electron chi connectivity index (χ4n) is 4.07. The predicted octanol–water partition coefficient (Wildman–Crippen LogP) is 8.36. The highest BCUT2D eigenvalue weighted by molar-refractivity contribution is 9.10. The molecule has 0 atom stereocenters. The van der Waals surface area contributed by atoms with Crippen molar-refractivity contribution in [2.24, 2.45) is 4.99 Å². The Kier molecular flexibility index (Phi) is 8.48. The first-order valence-electron chi connectivity index (χ1n) is 12.1. The van der Waals surface area contributed by atoms with Crippen LogP contribution in [0.4, 0.5) is 0 Å². The molecule has 0 radical (unpaired) electrons. The van der Waals surface area contributed by atoms with E-state index in [-0.39, 0.29) is 0 Å². The first-order valence-corrected chi connectivity index (χ1v) is 12.9. The number of hydrogen-bond donors (Lipinski definition) is 0. The summed E-state index contributed by atoms with van der Waals surface area (Å²) in [7, 11) is 0. The second-order valence-corrected chi connectivity index (χ2v) is 9.60. The summed E-state index contributed by atoms with van der Waals surface area (Å²) in [6, 6.07) is 24.6. The number of carbonyl (C=O) groups excluding carboxylic acids is 1. The lowest BCUT2D eigenvalue weighted by Crippen LogP contribution is -2.05. The Hall–Kier alpha value is -2.98. The summed E-state index contributed by atoms with van der Waals surface area (Å²) in [5.74, 6) is -0.0907. The third-order valence-corrected chi connectivity index (χ3v) is 6.50. The maximum absolute atomic E-state index is 12.3. The average molecular weight is 516 g/mol. The Morgan fingerprint density at radius 2 is 1.47 bits per heavy atom. The number of aliphatic imine (C=N–C) groups is 1.